The van der Waals surface area contributed by atoms with Gasteiger partial charge in [0, 0.05) is 29.7 Å². The summed E-state index contributed by atoms with van der Waals surface area (Å²) in [6, 6.07) is 10.3. The van der Waals surface area contributed by atoms with Gasteiger partial charge in [-0.25, -0.2) is 0 Å². The smallest absolute Gasteiger partial charge is 0.313 e. The van der Waals surface area contributed by atoms with E-state index in [2.05, 4.69) is 0 Å². The van der Waals surface area contributed by atoms with Crippen LogP contribution in [0.1, 0.15) is 24.2 Å². The molecule has 154 valence electrons. The number of nitro benzene ring substituents is 1. The molecule has 0 bridgehead atoms. The second-order valence-electron chi connectivity index (χ2n) is 6.26. The van der Waals surface area contributed by atoms with Crippen LogP contribution in [-0.4, -0.2) is 41.9 Å². The van der Waals surface area contributed by atoms with Crippen molar-refractivity contribution in [2.45, 2.75) is 13.8 Å². The Morgan fingerprint density at radius 2 is 1.86 bits per heavy atom. The van der Waals surface area contributed by atoms with E-state index in [0.29, 0.717) is 17.9 Å². The van der Waals surface area contributed by atoms with Crippen LogP contribution in [0.25, 0.3) is 0 Å². The topological polar surface area (TPSA) is 99.0 Å². The molecule has 0 aliphatic rings. The van der Waals surface area contributed by atoms with E-state index in [1.54, 1.807) is 36.1 Å². The van der Waals surface area contributed by atoms with Crippen LogP contribution in [0.5, 0.6) is 11.5 Å². The van der Waals surface area contributed by atoms with Gasteiger partial charge in [-0.05, 0) is 43.3 Å². The zero-order chi connectivity index (χ0) is 21.6. The molecular formula is C20H21ClN2O6. The van der Waals surface area contributed by atoms with E-state index in [1.807, 2.05) is 6.92 Å². The van der Waals surface area contributed by atoms with Gasteiger partial charge in [0.1, 0.15) is 5.75 Å². The molecule has 0 heterocycles. The monoisotopic (exact) mass is 420 g/mol. The number of carbonyl (C=O) groups is 2. The molecule has 0 spiro atoms. The van der Waals surface area contributed by atoms with Crippen molar-refractivity contribution in [3.8, 4) is 11.5 Å². The Balaban J connectivity index is 2.14. The molecule has 0 radical (unpaired) electrons. The van der Waals surface area contributed by atoms with Gasteiger partial charge < -0.3 is 14.4 Å². The number of nitrogens with zero attached hydrogens (tertiary/aromatic N) is 2. The lowest BCUT2D eigenvalue weighted by Crippen LogP contribution is -2.37. The molecule has 1 amide bonds. The van der Waals surface area contributed by atoms with Gasteiger partial charge in [-0.2, -0.15) is 0 Å². The van der Waals surface area contributed by atoms with Gasteiger partial charge >= 0.3 is 11.7 Å². The van der Waals surface area contributed by atoms with Crippen LogP contribution in [0.3, 0.4) is 0 Å². The molecule has 0 fully saturated rings. The van der Waals surface area contributed by atoms with Crippen LogP contribution in [0.15, 0.2) is 42.5 Å². The second-order valence-corrected chi connectivity index (χ2v) is 6.70. The van der Waals surface area contributed by atoms with Gasteiger partial charge in [0.2, 0.25) is 5.75 Å². The van der Waals surface area contributed by atoms with Crippen molar-refractivity contribution in [3.05, 3.63) is 63.2 Å². The van der Waals surface area contributed by atoms with Gasteiger partial charge in [0.15, 0.2) is 0 Å². The molecule has 1 atom stereocenters. The highest BCUT2D eigenvalue weighted by atomic mass is 35.5. The standard InChI is InChI=1S/C20H21ClN2O6/c1-4-22(12-13(2)20(25)28-3)19(24)14-5-8-16(9-6-14)29-18-10-7-15(21)11-17(18)23(26)27/h5-11,13H,4,12H2,1-3H3. The van der Waals surface area contributed by atoms with Crippen molar-refractivity contribution in [2.24, 2.45) is 5.92 Å². The minimum absolute atomic E-state index is 0.0422. The Hall–Kier alpha value is -3.13. The van der Waals surface area contributed by atoms with Crippen LogP contribution in [-0.2, 0) is 9.53 Å². The maximum atomic E-state index is 12.7. The Labute approximate surface area is 173 Å². The highest BCUT2D eigenvalue weighted by molar-refractivity contribution is 6.30. The zero-order valence-electron chi connectivity index (χ0n) is 16.3. The first-order chi connectivity index (χ1) is 13.8. The fraction of sp³-hybridized carbons (Fsp3) is 0.300. The van der Waals surface area contributed by atoms with Gasteiger partial charge in [-0.3, -0.25) is 19.7 Å². The summed E-state index contributed by atoms with van der Waals surface area (Å²) in [5.41, 5.74) is 0.147. The average molecular weight is 421 g/mol. The molecule has 2 aromatic carbocycles. The average Bonchev–Trinajstić information content (AvgIpc) is 2.72. The molecule has 0 aliphatic heterocycles. The Kier molecular flexibility index (Phi) is 7.55. The number of rotatable bonds is 8. The number of esters is 1. The molecule has 0 N–H and O–H groups in total. The van der Waals surface area contributed by atoms with E-state index < -0.39 is 10.8 Å². The fourth-order valence-corrected chi connectivity index (χ4v) is 2.82. The van der Waals surface area contributed by atoms with E-state index in [1.165, 1.54) is 25.3 Å². The van der Waals surface area contributed by atoms with Gasteiger partial charge in [0.05, 0.1) is 18.0 Å². The normalized spacial score (nSPS) is 11.4. The molecule has 2 aromatic rings. The SMILES string of the molecule is CCN(CC(C)C(=O)OC)C(=O)c1ccc(Oc2ccc(Cl)cc2[N+](=O)[O-])cc1. The minimum atomic E-state index is -0.583. The summed E-state index contributed by atoms with van der Waals surface area (Å²) in [4.78, 5) is 36.4. The highest BCUT2D eigenvalue weighted by Crippen LogP contribution is 2.33. The molecule has 0 aromatic heterocycles. The number of hydrogen-bond donors (Lipinski definition) is 0. The van der Waals surface area contributed by atoms with Gasteiger partial charge in [-0.15, -0.1) is 0 Å². The predicted molar refractivity (Wildman–Crippen MR) is 107 cm³/mol. The summed E-state index contributed by atoms with van der Waals surface area (Å²) in [6.45, 7) is 4.17. The molecule has 2 rings (SSSR count). The van der Waals surface area contributed by atoms with Crippen molar-refractivity contribution in [3.63, 3.8) is 0 Å². The van der Waals surface area contributed by atoms with E-state index in [-0.39, 0.29) is 34.9 Å². The van der Waals surface area contributed by atoms with Crippen molar-refractivity contribution in [1.29, 1.82) is 0 Å². The van der Waals surface area contributed by atoms with E-state index in [4.69, 9.17) is 21.1 Å². The first-order valence-electron chi connectivity index (χ1n) is 8.85. The van der Waals surface area contributed by atoms with Crippen molar-refractivity contribution < 1.29 is 24.0 Å². The number of benzene rings is 2. The summed E-state index contributed by atoms with van der Waals surface area (Å²) in [6.07, 6.45) is 0. The first kappa shape index (κ1) is 22.2. The molecular weight excluding hydrogens is 400 g/mol. The third-order valence-electron chi connectivity index (χ3n) is 4.21. The van der Waals surface area contributed by atoms with Gasteiger partial charge in [-0.1, -0.05) is 18.5 Å². The van der Waals surface area contributed by atoms with Crippen molar-refractivity contribution in [1.82, 2.24) is 4.90 Å². The molecule has 0 aliphatic carbocycles. The minimum Gasteiger partial charge on any atom is -0.469 e. The fourth-order valence-electron chi connectivity index (χ4n) is 2.66. The second kappa shape index (κ2) is 9.88. The molecule has 8 nitrogen and oxygen atoms in total. The summed E-state index contributed by atoms with van der Waals surface area (Å²) < 4.78 is 10.3. The van der Waals surface area contributed by atoms with Crippen LogP contribution < -0.4 is 4.74 Å². The van der Waals surface area contributed by atoms with Crippen LogP contribution >= 0.6 is 11.6 Å². The first-order valence-corrected chi connectivity index (χ1v) is 9.23. The third-order valence-corrected chi connectivity index (χ3v) is 4.45. The third kappa shape index (κ3) is 5.68. The number of carbonyl (C=O) groups excluding carboxylic acids is 2. The maximum Gasteiger partial charge on any atom is 0.313 e. The molecule has 1 unspecified atom stereocenters. The lowest BCUT2D eigenvalue weighted by molar-refractivity contribution is -0.385. The number of ether oxygens (including phenoxy) is 2. The molecule has 0 saturated carbocycles. The maximum absolute atomic E-state index is 12.7. The summed E-state index contributed by atoms with van der Waals surface area (Å²) >= 11 is 5.80. The number of amides is 1. The number of methoxy groups -OCH3 is 1. The summed E-state index contributed by atoms with van der Waals surface area (Å²) in [5, 5.41) is 11.4. The van der Waals surface area contributed by atoms with Crippen LogP contribution in [0, 0.1) is 16.0 Å². The lowest BCUT2D eigenvalue weighted by atomic mass is 10.1. The summed E-state index contributed by atoms with van der Waals surface area (Å²) in [7, 11) is 1.31. The highest BCUT2D eigenvalue weighted by Gasteiger charge is 2.22. The van der Waals surface area contributed by atoms with Gasteiger partial charge in [0.25, 0.3) is 5.91 Å². The Bertz CT molecular complexity index is 900. The number of halogens is 1. The molecule has 0 saturated heterocycles. The molecule has 29 heavy (non-hydrogen) atoms. The number of nitro groups is 1. The zero-order valence-corrected chi connectivity index (χ0v) is 17.0. The van der Waals surface area contributed by atoms with Crippen LogP contribution in [0.4, 0.5) is 5.69 Å². The Morgan fingerprint density at radius 3 is 2.41 bits per heavy atom. The largest absolute Gasteiger partial charge is 0.469 e. The predicted octanol–water partition coefficient (Wildman–Crippen LogP) is 4.31. The summed E-state index contributed by atoms with van der Waals surface area (Å²) in [5.74, 6) is -0.702. The number of hydrogen-bond acceptors (Lipinski definition) is 6. The van der Waals surface area contributed by atoms with Crippen molar-refractivity contribution >= 4 is 29.2 Å². The van der Waals surface area contributed by atoms with E-state index in [0.717, 1.165) is 0 Å². The Morgan fingerprint density at radius 1 is 1.21 bits per heavy atom. The van der Waals surface area contributed by atoms with E-state index >= 15 is 0 Å². The molecule has 9 heteroatoms. The van der Waals surface area contributed by atoms with Crippen molar-refractivity contribution in [2.75, 3.05) is 20.2 Å². The lowest BCUT2D eigenvalue weighted by Gasteiger charge is -2.23. The quantitative estimate of drug-likeness (QED) is 0.358. The van der Waals surface area contributed by atoms with E-state index in [9.17, 15) is 19.7 Å². The van der Waals surface area contributed by atoms with Crippen LogP contribution in [0.2, 0.25) is 5.02 Å².